The molecule has 1 saturated heterocycles. The Labute approximate surface area is 238 Å². The third-order valence-corrected chi connectivity index (χ3v) is 8.07. The summed E-state index contributed by atoms with van der Waals surface area (Å²) in [7, 11) is 2.21. The molecule has 0 amide bonds. The average molecular weight is 555 g/mol. The number of H-pyrrole nitrogens is 1. The lowest BCUT2D eigenvalue weighted by molar-refractivity contribution is 0.200. The molecule has 1 aliphatic heterocycles. The lowest BCUT2D eigenvalue weighted by atomic mass is 9.92. The van der Waals surface area contributed by atoms with Gasteiger partial charge in [0.1, 0.15) is 11.6 Å². The van der Waals surface area contributed by atoms with E-state index in [1.807, 2.05) is 30.4 Å². The molecule has 4 rings (SSSR count). The van der Waals surface area contributed by atoms with Crippen LogP contribution in [-0.4, -0.2) is 41.6 Å². The van der Waals surface area contributed by atoms with Gasteiger partial charge in [0, 0.05) is 11.1 Å². The number of ether oxygens (including phenoxy) is 1. The quantitative estimate of drug-likeness (QED) is 0.235. The summed E-state index contributed by atoms with van der Waals surface area (Å²) >= 11 is 12.6. The number of aromatic amines is 1. The molecular formula is C32H41Cl2N3O. The fourth-order valence-corrected chi connectivity index (χ4v) is 5.54. The number of rotatable bonds is 10. The zero-order valence-corrected chi connectivity index (χ0v) is 24.7. The molecule has 1 aromatic heterocycles. The number of nitrogens with one attached hydrogen (secondary N) is 1. The van der Waals surface area contributed by atoms with Gasteiger partial charge in [0.05, 0.1) is 23.0 Å². The van der Waals surface area contributed by atoms with Crippen molar-refractivity contribution in [2.45, 2.75) is 52.9 Å². The summed E-state index contributed by atoms with van der Waals surface area (Å²) in [6.45, 7) is 9.71. The molecule has 1 N–H and O–H groups in total. The average Bonchev–Trinajstić information content (AvgIpc) is 3.33. The minimum Gasteiger partial charge on any atom is -0.494 e. The summed E-state index contributed by atoms with van der Waals surface area (Å²) in [6.07, 6.45) is 16.5. The zero-order chi connectivity index (χ0) is 27.1. The van der Waals surface area contributed by atoms with E-state index in [9.17, 15) is 0 Å². The minimum absolute atomic E-state index is 0.269. The van der Waals surface area contributed by atoms with Crippen LogP contribution in [0.5, 0.6) is 5.75 Å². The van der Waals surface area contributed by atoms with Crippen molar-refractivity contribution < 1.29 is 4.74 Å². The van der Waals surface area contributed by atoms with E-state index in [0.29, 0.717) is 17.5 Å². The van der Waals surface area contributed by atoms with E-state index in [-0.39, 0.29) is 5.92 Å². The van der Waals surface area contributed by atoms with Gasteiger partial charge in [-0.1, -0.05) is 74.4 Å². The van der Waals surface area contributed by atoms with Crippen LogP contribution in [0.4, 0.5) is 0 Å². The molecule has 1 fully saturated rings. The molecule has 6 heteroatoms. The van der Waals surface area contributed by atoms with Gasteiger partial charge in [-0.05, 0) is 99.3 Å². The van der Waals surface area contributed by atoms with Gasteiger partial charge in [0.25, 0.3) is 0 Å². The Kier molecular flexibility index (Phi) is 10.3. The summed E-state index contributed by atoms with van der Waals surface area (Å²) in [4.78, 5) is 11.1. The third kappa shape index (κ3) is 7.43. The smallest absolute Gasteiger partial charge is 0.140 e. The number of nitrogens with zero attached hydrogens (tertiary/aromatic N) is 2. The third-order valence-electron chi connectivity index (χ3n) is 7.61. The first-order valence-corrected chi connectivity index (χ1v) is 14.7. The second-order valence-electron chi connectivity index (χ2n) is 11.0. The first kappa shape index (κ1) is 28.7. The summed E-state index contributed by atoms with van der Waals surface area (Å²) in [5.41, 5.74) is 6.60. The lowest BCUT2D eigenvalue weighted by Crippen LogP contribution is -2.30. The van der Waals surface area contributed by atoms with Crippen LogP contribution in [-0.2, 0) is 0 Å². The number of aromatic nitrogens is 2. The van der Waals surface area contributed by atoms with Gasteiger partial charge in [0.2, 0.25) is 0 Å². The Morgan fingerprint density at radius 1 is 1.26 bits per heavy atom. The highest BCUT2D eigenvalue weighted by atomic mass is 35.5. The van der Waals surface area contributed by atoms with Crippen molar-refractivity contribution in [3.05, 3.63) is 70.5 Å². The van der Waals surface area contributed by atoms with Gasteiger partial charge in [-0.2, -0.15) is 0 Å². The van der Waals surface area contributed by atoms with Crippen molar-refractivity contribution in [3.63, 3.8) is 0 Å². The van der Waals surface area contributed by atoms with E-state index in [1.165, 1.54) is 37.9 Å². The molecule has 204 valence electrons. The van der Waals surface area contributed by atoms with Crippen LogP contribution in [0.25, 0.3) is 22.5 Å². The van der Waals surface area contributed by atoms with Gasteiger partial charge >= 0.3 is 0 Å². The first-order chi connectivity index (χ1) is 18.4. The Hall–Kier alpha value is -2.27. The molecule has 4 nitrogen and oxygen atoms in total. The summed E-state index contributed by atoms with van der Waals surface area (Å²) in [5, 5.41) is 0.627. The second-order valence-corrected chi connectivity index (χ2v) is 11.7. The van der Waals surface area contributed by atoms with Crippen molar-refractivity contribution >= 4 is 34.3 Å². The number of likely N-dealkylation sites (tertiary alicyclic amines) is 1. The standard InChI is InChI=1S/C32H41Cl2N3O/c1-22(2)27(8-5-17-33)31-30(25-11-9-23(3)10-12-25)35-32(36-31)28-14-13-26(21-29(28)34)38-20-6-7-24-15-18-37(4)19-16-24/h5,8-9,11-14,17,21-24H,6-7,10,15-16,18-20H2,1-4H3,(H,35,36)/b17-5+,27-8+. The molecule has 1 aliphatic carbocycles. The van der Waals surface area contributed by atoms with E-state index < -0.39 is 0 Å². The Morgan fingerprint density at radius 2 is 2.05 bits per heavy atom. The van der Waals surface area contributed by atoms with Crippen LogP contribution >= 0.6 is 23.2 Å². The van der Waals surface area contributed by atoms with Gasteiger partial charge < -0.3 is 14.6 Å². The highest BCUT2D eigenvalue weighted by molar-refractivity contribution is 6.33. The van der Waals surface area contributed by atoms with Gasteiger partial charge in [-0.3, -0.25) is 0 Å². The molecule has 2 heterocycles. The predicted molar refractivity (Wildman–Crippen MR) is 163 cm³/mol. The monoisotopic (exact) mass is 553 g/mol. The van der Waals surface area contributed by atoms with Crippen LogP contribution in [0, 0.1) is 17.8 Å². The number of piperidine rings is 1. The zero-order valence-electron chi connectivity index (χ0n) is 23.1. The number of hydrogen-bond donors (Lipinski definition) is 1. The molecule has 0 radical (unpaired) electrons. The number of allylic oxidation sites excluding steroid dienone is 7. The highest BCUT2D eigenvalue weighted by Crippen LogP contribution is 2.36. The van der Waals surface area contributed by atoms with Crippen LogP contribution in [0.15, 0.2) is 54.1 Å². The minimum atomic E-state index is 0.269. The molecule has 0 saturated carbocycles. The van der Waals surface area contributed by atoms with E-state index in [2.05, 4.69) is 55.9 Å². The molecular weight excluding hydrogens is 513 g/mol. The van der Waals surface area contributed by atoms with Crippen molar-refractivity contribution in [3.8, 4) is 17.1 Å². The van der Waals surface area contributed by atoms with Crippen LogP contribution < -0.4 is 4.74 Å². The Balaban J connectivity index is 1.52. The fourth-order valence-electron chi connectivity index (χ4n) is 5.21. The molecule has 38 heavy (non-hydrogen) atoms. The largest absolute Gasteiger partial charge is 0.494 e. The van der Waals surface area contributed by atoms with Gasteiger partial charge in [0.15, 0.2) is 0 Å². The van der Waals surface area contributed by atoms with Crippen molar-refractivity contribution in [1.82, 2.24) is 14.9 Å². The molecule has 1 unspecified atom stereocenters. The molecule has 1 aromatic carbocycles. The van der Waals surface area contributed by atoms with E-state index >= 15 is 0 Å². The van der Waals surface area contributed by atoms with E-state index in [4.69, 9.17) is 32.9 Å². The van der Waals surface area contributed by atoms with Gasteiger partial charge in [-0.15, -0.1) is 0 Å². The lowest BCUT2D eigenvalue weighted by Gasteiger charge is -2.28. The van der Waals surface area contributed by atoms with Crippen LogP contribution in [0.1, 0.15) is 64.3 Å². The maximum atomic E-state index is 6.79. The van der Waals surface area contributed by atoms with E-state index in [0.717, 1.165) is 58.4 Å². The summed E-state index contributed by atoms with van der Waals surface area (Å²) in [5.74, 6) is 3.19. The van der Waals surface area contributed by atoms with E-state index in [1.54, 1.807) is 0 Å². The number of benzene rings is 1. The molecule has 1 atom stereocenters. The second kappa shape index (κ2) is 13.7. The molecule has 0 bridgehead atoms. The topological polar surface area (TPSA) is 41.1 Å². The number of halogens is 2. The SMILES string of the molecule is CC1C=CC(c2[nH]c(-c3ccc(OCCCC4CCN(C)CC4)cc3Cl)nc2/C(=C/C=C/Cl)C(C)C)=CC1. The van der Waals surface area contributed by atoms with Crippen LogP contribution in [0.3, 0.4) is 0 Å². The normalized spacial score (nSPS) is 19.5. The fraction of sp³-hybridized carbons (Fsp3) is 0.469. The highest BCUT2D eigenvalue weighted by Gasteiger charge is 2.22. The maximum Gasteiger partial charge on any atom is 0.140 e. The Bertz CT molecular complexity index is 1200. The Morgan fingerprint density at radius 3 is 2.71 bits per heavy atom. The molecule has 2 aliphatic rings. The first-order valence-electron chi connectivity index (χ1n) is 13.9. The number of hydrogen-bond acceptors (Lipinski definition) is 3. The summed E-state index contributed by atoms with van der Waals surface area (Å²) in [6, 6.07) is 5.91. The predicted octanol–water partition coefficient (Wildman–Crippen LogP) is 9.00. The van der Waals surface area contributed by atoms with Crippen molar-refractivity contribution in [1.29, 1.82) is 0 Å². The maximum absolute atomic E-state index is 6.79. The van der Waals surface area contributed by atoms with Gasteiger partial charge in [-0.25, -0.2) is 4.98 Å². The van der Waals surface area contributed by atoms with Crippen molar-refractivity contribution in [2.24, 2.45) is 17.8 Å². The van der Waals surface area contributed by atoms with Crippen LogP contribution in [0.2, 0.25) is 5.02 Å². The summed E-state index contributed by atoms with van der Waals surface area (Å²) < 4.78 is 6.07. The number of imidazole rings is 1. The molecule has 0 spiro atoms. The van der Waals surface area contributed by atoms with Crippen molar-refractivity contribution in [2.75, 3.05) is 26.7 Å². The molecule has 2 aromatic rings.